The van der Waals surface area contributed by atoms with Gasteiger partial charge >= 0.3 is 0 Å². The molecule has 2 amide bonds. The van der Waals surface area contributed by atoms with Crippen molar-refractivity contribution >= 4 is 11.8 Å². The number of aryl methyl sites for hydroxylation is 1. The van der Waals surface area contributed by atoms with E-state index in [0.717, 1.165) is 37.4 Å². The molecule has 1 aromatic rings. The van der Waals surface area contributed by atoms with Crippen LogP contribution in [0.3, 0.4) is 0 Å². The number of likely N-dealkylation sites (tertiary alicyclic amines) is 2. The summed E-state index contributed by atoms with van der Waals surface area (Å²) < 4.78 is 6.14. The van der Waals surface area contributed by atoms with Crippen molar-refractivity contribution in [2.24, 2.45) is 0 Å². The fourth-order valence-electron chi connectivity index (χ4n) is 5.06. The van der Waals surface area contributed by atoms with Crippen LogP contribution in [-0.2, 0) is 20.9 Å². The Bertz CT molecular complexity index is 788. The van der Waals surface area contributed by atoms with Crippen molar-refractivity contribution in [3.8, 4) is 0 Å². The van der Waals surface area contributed by atoms with Crippen molar-refractivity contribution in [2.75, 3.05) is 32.8 Å². The number of amides is 2. The number of aromatic amines is 1. The molecule has 3 saturated heterocycles. The van der Waals surface area contributed by atoms with Crippen LogP contribution in [0.1, 0.15) is 50.4 Å². The Morgan fingerprint density at radius 1 is 1.37 bits per heavy atom. The van der Waals surface area contributed by atoms with Crippen LogP contribution in [-0.4, -0.2) is 86.7 Å². The summed E-state index contributed by atoms with van der Waals surface area (Å²) in [6, 6.07) is 0. The van der Waals surface area contributed by atoms with Gasteiger partial charge in [0.15, 0.2) is 0 Å². The fourth-order valence-corrected chi connectivity index (χ4v) is 5.06. The molecule has 3 aliphatic rings. The standard InChI is InChI=1S/C21H33N5O4/c1-15-16(23-14-22-15)12-25-9-5-21(6-10-25)19(29)20(2,7-11-30-21)24-17(27)13-26-8-3-4-18(26)28/h14,19,29H,3-13H2,1-2H3,(H,22,23)(H,24,27)/t19-,20+/m0/s1. The molecule has 0 radical (unpaired) electrons. The lowest BCUT2D eigenvalue weighted by Gasteiger charge is -2.53. The molecular formula is C21H33N5O4. The van der Waals surface area contributed by atoms with E-state index in [4.69, 9.17) is 4.74 Å². The number of hydrogen-bond acceptors (Lipinski definition) is 6. The third kappa shape index (κ3) is 4.10. The molecule has 0 saturated carbocycles. The zero-order valence-electron chi connectivity index (χ0n) is 17.9. The summed E-state index contributed by atoms with van der Waals surface area (Å²) in [5, 5.41) is 14.3. The molecule has 9 nitrogen and oxygen atoms in total. The Hall–Kier alpha value is -1.97. The van der Waals surface area contributed by atoms with Gasteiger partial charge in [-0.05, 0) is 39.5 Å². The van der Waals surface area contributed by atoms with Gasteiger partial charge in [0.25, 0.3) is 0 Å². The quantitative estimate of drug-likeness (QED) is 0.634. The van der Waals surface area contributed by atoms with Crippen LogP contribution >= 0.6 is 0 Å². The van der Waals surface area contributed by atoms with Crippen molar-refractivity contribution in [2.45, 2.75) is 69.7 Å². The average molecular weight is 420 g/mol. The first-order valence-corrected chi connectivity index (χ1v) is 10.9. The second kappa shape index (κ2) is 8.28. The highest BCUT2D eigenvalue weighted by atomic mass is 16.5. The first kappa shape index (κ1) is 21.3. The predicted molar refractivity (Wildman–Crippen MR) is 110 cm³/mol. The van der Waals surface area contributed by atoms with Gasteiger partial charge in [-0.1, -0.05) is 0 Å². The van der Waals surface area contributed by atoms with Gasteiger partial charge in [-0.25, -0.2) is 4.98 Å². The largest absolute Gasteiger partial charge is 0.388 e. The lowest BCUT2D eigenvalue weighted by atomic mass is 9.73. The van der Waals surface area contributed by atoms with Crippen LogP contribution in [0, 0.1) is 6.92 Å². The Labute approximate surface area is 177 Å². The molecule has 0 unspecified atom stereocenters. The number of aromatic nitrogens is 2. The van der Waals surface area contributed by atoms with Gasteiger partial charge in [0.2, 0.25) is 11.8 Å². The number of rotatable bonds is 5. The van der Waals surface area contributed by atoms with Gasteiger partial charge < -0.3 is 25.0 Å². The molecule has 4 heterocycles. The first-order chi connectivity index (χ1) is 14.3. The summed E-state index contributed by atoms with van der Waals surface area (Å²) in [6.45, 7) is 7.48. The van der Waals surface area contributed by atoms with E-state index < -0.39 is 17.2 Å². The Morgan fingerprint density at radius 2 is 2.13 bits per heavy atom. The molecule has 4 rings (SSSR count). The minimum absolute atomic E-state index is 0.0267. The van der Waals surface area contributed by atoms with Crippen molar-refractivity contribution in [1.29, 1.82) is 0 Å². The highest BCUT2D eigenvalue weighted by Crippen LogP contribution is 2.40. The molecule has 166 valence electrons. The molecule has 9 heteroatoms. The van der Waals surface area contributed by atoms with Gasteiger partial charge in [-0.15, -0.1) is 0 Å². The smallest absolute Gasteiger partial charge is 0.240 e. The van der Waals surface area contributed by atoms with E-state index >= 15 is 0 Å². The van der Waals surface area contributed by atoms with Gasteiger partial charge in [-0.3, -0.25) is 14.5 Å². The van der Waals surface area contributed by atoms with Crippen molar-refractivity contribution < 1.29 is 19.4 Å². The third-order valence-electron chi connectivity index (χ3n) is 7.05. The van der Waals surface area contributed by atoms with E-state index in [1.807, 2.05) is 13.8 Å². The molecule has 0 aromatic carbocycles. The summed E-state index contributed by atoms with van der Waals surface area (Å²) >= 11 is 0. The molecule has 1 spiro atoms. The van der Waals surface area contributed by atoms with Crippen LogP contribution in [0.25, 0.3) is 0 Å². The number of aliphatic hydroxyl groups excluding tert-OH is 1. The maximum atomic E-state index is 12.6. The predicted octanol–water partition coefficient (Wildman–Crippen LogP) is 0.331. The number of imidazole rings is 1. The summed E-state index contributed by atoms with van der Waals surface area (Å²) in [6.07, 6.45) is 4.18. The Kier molecular flexibility index (Phi) is 5.87. The minimum atomic E-state index is -0.800. The van der Waals surface area contributed by atoms with E-state index in [-0.39, 0.29) is 18.4 Å². The first-order valence-electron chi connectivity index (χ1n) is 10.9. The Balaban J connectivity index is 1.36. The third-order valence-corrected chi connectivity index (χ3v) is 7.05. The van der Waals surface area contributed by atoms with E-state index in [2.05, 4.69) is 20.2 Å². The fraction of sp³-hybridized carbons (Fsp3) is 0.762. The minimum Gasteiger partial charge on any atom is -0.388 e. The molecule has 3 aliphatic heterocycles. The number of nitrogens with zero attached hydrogens (tertiary/aromatic N) is 3. The SMILES string of the molecule is Cc1[nH]cnc1CN1CCC2(CC1)OCC[C@@](C)(NC(=O)CN1CCCC1=O)[C@@H]2O. The maximum Gasteiger partial charge on any atom is 0.240 e. The lowest BCUT2D eigenvalue weighted by molar-refractivity contribution is -0.208. The number of piperidine rings is 1. The number of carbonyl (C=O) groups is 2. The summed E-state index contributed by atoms with van der Waals surface area (Å²) in [5.74, 6) is -0.186. The molecule has 3 fully saturated rings. The molecule has 30 heavy (non-hydrogen) atoms. The van der Waals surface area contributed by atoms with Crippen molar-refractivity contribution in [1.82, 2.24) is 25.1 Å². The second-order valence-corrected chi connectivity index (χ2v) is 9.20. The van der Waals surface area contributed by atoms with Crippen LogP contribution < -0.4 is 5.32 Å². The molecule has 0 bridgehead atoms. The topological polar surface area (TPSA) is 111 Å². The van der Waals surface area contributed by atoms with E-state index in [1.54, 1.807) is 11.2 Å². The number of aliphatic hydroxyl groups is 1. The van der Waals surface area contributed by atoms with Crippen LogP contribution in [0.15, 0.2) is 6.33 Å². The number of carbonyl (C=O) groups excluding carboxylic acids is 2. The number of ether oxygens (including phenoxy) is 1. The zero-order chi connectivity index (χ0) is 21.4. The number of hydrogen-bond donors (Lipinski definition) is 3. The van der Waals surface area contributed by atoms with E-state index in [0.29, 0.717) is 38.8 Å². The molecule has 0 aliphatic carbocycles. The van der Waals surface area contributed by atoms with Crippen molar-refractivity contribution in [3.05, 3.63) is 17.7 Å². The van der Waals surface area contributed by atoms with Gasteiger partial charge in [0.05, 0.1) is 29.7 Å². The lowest BCUT2D eigenvalue weighted by Crippen LogP contribution is -2.69. The van der Waals surface area contributed by atoms with Crippen LogP contribution in [0.4, 0.5) is 0 Å². The highest BCUT2D eigenvalue weighted by Gasteiger charge is 2.53. The Morgan fingerprint density at radius 3 is 2.77 bits per heavy atom. The molecule has 1 aromatic heterocycles. The monoisotopic (exact) mass is 419 g/mol. The van der Waals surface area contributed by atoms with Crippen molar-refractivity contribution in [3.63, 3.8) is 0 Å². The summed E-state index contributed by atoms with van der Waals surface area (Å²) in [4.78, 5) is 35.9. The van der Waals surface area contributed by atoms with E-state index in [9.17, 15) is 14.7 Å². The summed E-state index contributed by atoms with van der Waals surface area (Å²) in [7, 11) is 0. The zero-order valence-corrected chi connectivity index (χ0v) is 17.9. The average Bonchev–Trinajstić information content (AvgIpc) is 3.30. The van der Waals surface area contributed by atoms with E-state index in [1.165, 1.54) is 0 Å². The highest BCUT2D eigenvalue weighted by molar-refractivity contribution is 5.86. The number of nitrogens with one attached hydrogen (secondary N) is 2. The summed E-state index contributed by atoms with van der Waals surface area (Å²) in [5.41, 5.74) is 0.709. The molecule has 3 N–H and O–H groups in total. The van der Waals surface area contributed by atoms with Crippen LogP contribution in [0.5, 0.6) is 0 Å². The van der Waals surface area contributed by atoms with Gasteiger partial charge in [-0.2, -0.15) is 0 Å². The molecule has 2 atom stereocenters. The van der Waals surface area contributed by atoms with Crippen LogP contribution in [0.2, 0.25) is 0 Å². The number of H-pyrrole nitrogens is 1. The molecular weight excluding hydrogens is 386 g/mol. The second-order valence-electron chi connectivity index (χ2n) is 9.20. The van der Waals surface area contributed by atoms with Gasteiger partial charge in [0.1, 0.15) is 6.10 Å². The maximum absolute atomic E-state index is 12.6. The normalized spacial score (nSPS) is 29.5. The van der Waals surface area contributed by atoms with Gasteiger partial charge in [0, 0.05) is 44.9 Å².